The number of thioether (sulfide) groups is 1. The van der Waals surface area contributed by atoms with E-state index in [1.807, 2.05) is 12.1 Å². The van der Waals surface area contributed by atoms with Gasteiger partial charge in [0.15, 0.2) is 0 Å². The van der Waals surface area contributed by atoms with E-state index in [0.717, 1.165) is 22.3 Å². The monoisotopic (exact) mass is 271 g/mol. The molecule has 1 aliphatic rings. The van der Waals surface area contributed by atoms with Crippen molar-refractivity contribution < 1.29 is 4.79 Å². The normalized spacial score (nSPS) is 21.5. The minimum absolute atomic E-state index is 0.384. The first kappa shape index (κ1) is 10.2. The maximum atomic E-state index is 11.1. The van der Waals surface area contributed by atoms with Crippen molar-refractivity contribution in [2.45, 2.75) is 29.5 Å². The zero-order chi connectivity index (χ0) is 9.97. The topological polar surface area (TPSA) is 30.0 Å². The molecule has 0 saturated heterocycles. The largest absolute Gasteiger partial charge is 0.300 e. The fraction of sp³-hybridized carbons (Fsp3) is 0.400. The average molecular weight is 272 g/mol. The maximum absolute atomic E-state index is 11.1. The summed E-state index contributed by atoms with van der Waals surface area (Å²) in [4.78, 5) is 15.4. The van der Waals surface area contributed by atoms with Gasteiger partial charge in [0.1, 0.15) is 10.8 Å². The lowest BCUT2D eigenvalue weighted by Crippen LogP contribution is -1.97. The second-order valence-electron chi connectivity index (χ2n) is 3.31. The third-order valence-electron chi connectivity index (χ3n) is 2.20. The summed E-state index contributed by atoms with van der Waals surface area (Å²) in [7, 11) is 0. The lowest BCUT2D eigenvalue weighted by atomic mass is 10.4. The summed E-state index contributed by atoms with van der Waals surface area (Å²) in [6.45, 7) is 0. The van der Waals surface area contributed by atoms with Crippen LogP contribution in [0.25, 0.3) is 0 Å². The number of nitrogens with zero attached hydrogens (tertiary/aromatic N) is 1. The average Bonchev–Trinajstić information content (AvgIpc) is 2.56. The van der Waals surface area contributed by atoms with Gasteiger partial charge in [0, 0.05) is 28.8 Å². The molecule has 1 aromatic rings. The molecule has 0 bridgehead atoms. The summed E-state index contributed by atoms with van der Waals surface area (Å²) in [5.74, 6) is 0.384. The zero-order valence-electron chi connectivity index (χ0n) is 7.57. The lowest BCUT2D eigenvalue weighted by molar-refractivity contribution is -0.117. The van der Waals surface area contributed by atoms with E-state index >= 15 is 0 Å². The van der Waals surface area contributed by atoms with Gasteiger partial charge >= 0.3 is 0 Å². The van der Waals surface area contributed by atoms with Crippen LogP contribution in [0.2, 0.25) is 0 Å². The predicted molar refractivity (Wildman–Crippen MR) is 60.4 cm³/mol. The van der Waals surface area contributed by atoms with Crippen LogP contribution in [0.5, 0.6) is 0 Å². The van der Waals surface area contributed by atoms with Gasteiger partial charge in [0.05, 0.1) is 0 Å². The van der Waals surface area contributed by atoms with E-state index in [1.54, 1.807) is 18.0 Å². The fourth-order valence-corrected chi connectivity index (χ4v) is 3.15. The molecule has 0 spiro atoms. The van der Waals surface area contributed by atoms with Crippen molar-refractivity contribution in [3.63, 3.8) is 0 Å². The minimum atomic E-state index is 0.384. The molecule has 14 heavy (non-hydrogen) atoms. The van der Waals surface area contributed by atoms with Gasteiger partial charge in [-0.2, -0.15) is 0 Å². The number of hydrogen-bond acceptors (Lipinski definition) is 3. The first-order valence-electron chi connectivity index (χ1n) is 4.54. The smallest absolute Gasteiger partial charge is 0.134 e. The fourth-order valence-electron chi connectivity index (χ4n) is 1.50. The molecular weight excluding hydrogens is 262 g/mol. The molecule has 0 aliphatic heterocycles. The third-order valence-corrected chi connectivity index (χ3v) is 4.39. The highest BCUT2D eigenvalue weighted by Crippen LogP contribution is 2.35. The van der Waals surface area contributed by atoms with Crippen LogP contribution < -0.4 is 0 Å². The van der Waals surface area contributed by atoms with Crippen LogP contribution in [-0.2, 0) is 4.79 Å². The van der Waals surface area contributed by atoms with E-state index in [9.17, 15) is 4.79 Å². The first-order valence-corrected chi connectivity index (χ1v) is 6.22. The number of carbonyl (C=O) groups is 1. The number of ketones is 1. The van der Waals surface area contributed by atoms with Crippen LogP contribution in [0.15, 0.2) is 27.8 Å². The van der Waals surface area contributed by atoms with E-state index in [1.165, 1.54) is 0 Å². The number of halogens is 1. The molecule has 1 aliphatic carbocycles. The van der Waals surface area contributed by atoms with Gasteiger partial charge in [-0.1, -0.05) is 0 Å². The molecule has 2 rings (SSSR count). The maximum Gasteiger partial charge on any atom is 0.134 e. The van der Waals surface area contributed by atoms with Gasteiger partial charge in [-0.05, 0) is 34.5 Å². The standard InChI is InChI=1S/C10H10BrNOS/c11-9-2-1-5-12-10(9)14-8-4-3-7(13)6-8/h1-2,5,8H,3-4,6H2. The molecule has 0 aromatic carbocycles. The molecule has 0 N–H and O–H groups in total. The highest BCUT2D eigenvalue weighted by atomic mass is 79.9. The van der Waals surface area contributed by atoms with Crippen LogP contribution in [0.4, 0.5) is 0 Å². The van der Waals surface area contributed by atoms with Gasteiger partial charge in [-0.15, -0.1) is 11.8 Å². The summed E-state index contributed by atoms with van der Waals surface area (Å²) in [5, 5.41) is 1.42. The van der Waals surface area contributed by atoms with Crippen LogP contribution in [0.3, 0.4) is 0 Å². The molecule has 2 nitrogen and oxygen atoms in total. The number of pyridine rings is 1. The number of aromatic nitrogens is 1. The lowest BCUT2D eigenvalue weighted by Gasteiger charge is -2.07. The second-order valence-corrected chi connectivity index (χ2v) is 5.46. The van der Waals surface area contributed by atoms with Crippen molar-refractivity contribution in [1.29, 1.82) is 0 Å². The number of Topliss-reactive ketones (excluding diaryl/α,β-unsaturated/α-hetero) is 1. The Labute approximate surface area is 95.6 Å². The predicted octanol–water partition coefficient (Wildman–Crippen LogP) is 3.06. The Morgan fingerprint density at radius 1 is 1.57 bits per heavy atom. The number of rotatable bonds is 2. The van der Waals surface area contributed by atoms with Crippen LogP contribution in [0, 0.1) is 0 Å². The van der Waals surface area contributed by atoms with Gasteiger partial charge in [-0.25, -0.2) is 4.98 Å². The van der Waals surface area contributed by atoms with Crippen LogP contribution >= 0.6 is 27.7 Å². The Balaban J connectivity index is 2.04. The van der Waals surface area contributed by atoms with Gasteiger partial charge < -0.3 is 0 Å². The SMILES string of the molecule is O=C1CCC(Sc2ncccc2Br)C1. The number of hydrogen-bond donors (Lipinski definition) is 0. The van der Waals surface area contributed by atoms with Crippen LogP contribution in [-0.4, -0.2) is 16.0 Å². The minimum Gasteiger partial charge on any atom is -0.300 e. The molecule has 1 atom stereocenters. The summed E-state index contributed by atoms with van der Waals surface area (Å²) in [6.07, 6.45) is 4.21. The van der Waals surface area contributed by atoms with Crippen molar-refractivity contribution in [2.75, 3.05) is 0 Å². The van der Waals surface area contributed by atoms with E-state index < -0.39 is 0 Å². The summed E-state index contributed by atoms with van der Waals surface area (Å²) >= 11 is 5.15. The molecule has 0 radical (unpaired) electrons. The highest BCUT2D eigenvalue weighted by molar-refractivity contribution is 9.10. The Kier molecular flexibility index (Phi) is 3.23. The molecule has 0 amide bonds. The van der Waals surface area contributed by atoms with Crippen molar-refractivity contribution >= 4 is 33.5 Å². The molecule has 1 saturated carbocycles. The van der Waals surface area contributed by atoms with Crippen LogP contribution in [0.1, 0.15) is 19.3 Å². The molecule has 1 aromatic heterocycles. The van der Waals surface area contributed by atoms with E-state index in [0.29, 0.717) is 17.5 Å². The summed E-state index contributed by atoms with van der Waals surface area (Å²) in [6, 6.07) is 3.88. The molecule has 4 heteroatoms. The van der Waals surface area contributed by atoms with E-state index in [2.05, 4.69) is 20.9 Å². The van der Waals surface area contributed by atoms with Gasteiger partial charge in [0.25, 0.3) is 0 Å². The van der Waals surface area contributed by atoms with E-state index in [4.69, 9.17) is 0 Å². The molecule has 1 heterocycles. The Morgan fingerprint density at radius 2 is 2.43 bits per heavy atom. The quantitative estimate of drug-likeness (QED) is 0.828. The molecule has 74 valence electrons. The Hall–Kier alpha value is -0.350. The van der Waals surface area contributed by atoms with Crippen molar-refractivity contribution in [3.8, 4) is 0 Å². The van der Waals surface area contributed by atoms with Crippen molar-refractivity contribution in [2.24, 2.45) is 0 Å². The zero-order valence-corrected chi connectivity index (χ0v) is 9.97. The molecule has 1 fully saturated rings. The van der Waals surface area contributed by atoms with Crippen molar-refractivity contribution in [1.82, 2.24) is 4.98 Å². The molecule has 1 unspecified atom stereocenters. The number of carbonyl (C=O) groups excluding carboxylic acids is 1. The second kappa shape index (κ2) is 4.45. The Bertz CT molecular complexity index is 356. The summed E-state index contributed by atoms with van der Waals surface area (Å²) < 4.78 is 1.02. The molecular formula is C10H10BrNOS. The highest BCUT2D eigenvalue weighted by Gasteiger charge is 2.23. The Morgan fingerprint density at radius 3 is 3.07 bits per heavy atom. The van der Waals surface area contributed by atoms with Gasteiger partial charge in [0.2, 0.25) is 0 Å². The van der Waals surface area contributed by atoms with Crippen molar-refractivity contribution in [3.05, 3.63) is 22.8 Å². The first-order chi connectivity index (χ1) is 6.75. The summed E-state index contributed by atoms with van der Waals surface area (Å²) in [5.41, 5.74) is 0. The third kappa shape index (κ3) is 2.36. The van der Waals surface area contributed by atoms with Gasteiger partial charge in [-0.3, -0.25) is 4.79 Å². The van der Waals surface area contributed by atoms with E-state index in [-0.39, 0.29) is 0 Å².